The first kappa shape index (κ1) is 10.1. The molecule has 0 spiro atoms. The summed E-state index contributed by atoms with van der Waals surface area (Å²) in [5.41, 5.74) is 0.669. The van der Waals surface area contributed by atoms with Crippen LogP contribution in [0.5, 0.6) is 0 Å². The average Bonchev–Trinajstić information content (AvgIpc) is 1.98. The lowest BCUT2D eigenvalue weighted by molar-refractivity contribution is -0.140. The van der Waals surface area contributed by atoms with Crippen molar-refractivity contribution in [3.63, 3.8) is 0 Å². The topological polar surface area (TPSA) is 17.1 Å². The van der Waals surface area contributed by atoms with E-state index in [-0.39, 0.29) is 11.3 Å². The molecule has 0 aromatic heterocycles. The van der Waals surface area contributed by atoms with E-state index in [1.165, 1.54) is 0 Å². The Morgan fingerprint density at radius 1 is 1.50 bits per heavy atom. The summed E-state index contributed by atoms with van der Waals surface area (Å²) in [6.07, 6.45) is 0.585. The van der Waals surface area contributed by atoms with E-state index in [4.69, 9.17) is 23.2 Å². The minimum Gasteiger partial charge on any atom is -0.299 e. The highest BCUT2D eigenvalue weighted by Crippen LogP contribution is 2.48. The molecule has 1 aliphatic rings. The number of ketones is 1. The van der Waals surface area contributed by atoms with Crippen molar-refractivity contribution in [3.05, 3.63) is 10.1 Å². The summed E-state index contributed by atoms with van der Waals surface area (Å²) < 4.78 is 0.306. The first-order chi connectivity index (χ1) is 5.37. The summed E-state index contributed by atoms with van der Waals surface area (Å²) in [6, 6.07) is 0. The maximum Gasteiger partial charge on any atom is 0.139 e. The van der Waals surface area contributed by atoms with Gasteiger partial charge >= 0.3 is 0 Å². The van der Waals surface area contributed by atoms with Crippen molar-refractivity contribution in [2.24, 2.45) is 11.3 Å². The molecule has 12 heavy (non-hydrogen) atoms. The molecule has 1 rings (SSSR count). The Morgan fingerprint density at radius 3 is 2.25 bits per heavy atom. The zero-order chi connectivity index (χ0) is 9.52. The quantitative estimate of drug-likeness (QED) is 0.644. The zero-order valence-corrected chi connectivity index (χ0v) is 8.96. The van der Waals surface area contributed by atoms with Crippen molar-refractivity contribution in [2.75, 3.05) is 0 Å². The Balaban J connectivity index is 2.84. The van der Waals surface area contributed by atoms with Gasteiger partial charge in [-0.3, -0.25) is 4.79 Å². The molecule has 0 aliphatic heterocycles. The van der Waals surface area contributed by atoms with Crippen molar-refractivity contribution < 1.29 is 4.79 Å². The van der Waals surface area contributed by atoms with E-state index in [2.05, 4.69) is 0 Å². The van der Waals surface area contributed by atoms with Crippen LogP contribution in [0.15, 0.2) is 10.1 Å². The molecule has 0 radical (unpaired) electrons. The maximum absolute atomic E-state index is 11.2. The third-order valence-electron chi connectivity index (χ3n) is 2.80. The maximum atomic E-state index is 11.2. The Hall–Kier alpha value is -0.0100. The summed E-state index contributed by atoms with van der Waals surface area (Å²) in [5, 5.41) is 0. The third kappa shape index (κ3) is 1.40. The number of hydrogen-bond acceptors (Lipinski definition) is 1. The van der Waals surface area contributed by atoms with Gasteiger partial charge in [0.05, 0.1) is 0 Å². The number of carbonyl (C=O) groups is 1. The predicted octanol–water partition coefficient (Wildman–Crippen LogP) is 3.31. The predicted molar refractivity (Wildman–Crippen MR) is 51.3 cm³/mol. The number of carbonyl (C=O) groups excluding carboxylic acids is 1. The summed E-state index contributed by atoms with van der Waals surface area (Å²) >= 11 is 11.3. The number of halogens is 2. The molecule has 68 valence electrons. The second-order valence-electron chi connectivity index (χ2n) is 3.84. The standard InChI is InChI=1S/C9H12Cl2O/c1-5(8(10)11)6-4-7(12)9(6,2)3/h6H,4H2,1-3H3. The molecule has 1 fully saturated rings. The van der Waals surface area contributed by atoms with Crippen LogP contribution >= 0.6 is 23.2 Å². The molecule has 0 heterocycles. The molecule has 1 atom stereocenters. The van der Waals surface area contributed by atoms with Gasteiger partial charge in [0.1, 0.15) is 10.3 Å². The van der Waals surface area contributed by atoms with Gasteiger partial charge < -0.3 is 0 Å². The molecule has 0 N–H and O–H groups in total. The molecule has 1 saturated carbocycles. The number of allylic oxidation sites excluding steroid dienone is 1. The largest absolute Gasteiger partial charge is 0.299 e. The molecule has 3 heteroatoms. The lowest BCUT2D eigenvalue weighted by atomic mass is 9.59. The smallest absolute Gasteiger partial charge is 0.139 e. The second kappa shape index (κ2) is 3.04. The number of hydrogen-bond donors (Lipinski definition) is 0. The monoisotopic (exact) mass is 206 g/mol. The van der Waals surface area contributed by atoms with Gasteiger partial charge in [-0.05, 0) is 12.5 Å². The Labute approximate surface area is 82.7 Å². The van der Waals surface area contributed by atoms with E-state index in [0.29, 0.717) is 16.7 Å². The number of rotatable bonds is 1. The summed E-state index contributed by atoms with van der Waals surface area (Å²) in [5.74, 6) is 0.524. The first-order valence-electron chi connectivity index (χ1n) is 3.92. The molecular weight excluding hydrogens is 195 g/mol. The Kier molecular flexibility index (Phi) is 2.55. The van der Waals surface area contributed by atoms with Gasteiger partial charge in [0.15, 0.2) is 0 Å². The second-order valence-corrected chi connectivity index (χ2v) is 4.79. The van der Waals surface area contributed by atoms with Crippen LogP contribution in [-0.4, -0.2) is 5.78 Å². The average molecular weight is 207 g/mol. The lowest BCUT2D eigenvalue weighted by Gasteiger charge is -2.43. The van der Waals surface area contributed by atoms with Crippen LogP contribution in [0.4, 0.5) is 0 Å². The van der Waals surface area contributed by atoms with Gasteiger partial charge in [0, 0.05) is 17.8 Å². The SMILES string of the molecule is CC(=C(Cl)Cl)C1CC(=O)C1(C)C. The Bertz CT molecular complexity index is 249. The minimum atomic E-state index is -0.265. The van der Waals surface area contributed by atoms with Crippen molar-refractivity contribution in [3.8, 4) is 0 Å². The minimum absolute atomic E-state index is 0.231. The molecule has 0 aromatic carbocycles. The van der Waals surface area contributed by atoms with E-state index in [0.717, 1.165) is 5.57 Å². The molecule has 0 saturated heterocycles. The van der Waals surface area contributed by atoms with E-state index in [1.807, 2.05) is 20.8 Å². The van der Waals surface area contributed by atoms with Crippen molar-refractivity contribution in [1.82, 2.24) is 0 Å². The van der Waals surface area contributed by atoms with Crippen LogP contribution in [0.1, 0.15) is 27.2 Å². The van der Waals surface area contributed by atoms with Crippen LogP contribution in [0, 0.1) is 11.3 Å². The third-order valence-corrected chi connectivity index (χ3v) is 3.40. The normalized spacial score (nSPS) is 26.4. The van der Waals surface area contributed by atoms with E-state index >= 15 is 0 Å². The molecule has 1 nitrogen and oxygen atoms in total. The van der Waals surface area contributed by atoms with Crippen LogP contribution in [0.3, 0.4) is 0 Å². The summed E-state index contributed by atoms with van der Waals surface area (Å²) in [4.78, 5) is 11.2. The Morgan fingerprint density at radius 2 is 2.00 bits per heavy atom. The fraction of sp³-hybridized carbons (Fsp3) is 0.667. The van der Waals surface area contributed by atoms with Crippen LogP contribution in [0.25, 0.3) is 0 Å². The van der Waals surface area contributed by atoms with Gasteiger partial charge in [-0.15, -0.1) is 0 Å². The van der Waals surface area contributed by atoms with E-state index < -0.39 is 0 Å². The first-order valence-corrected chi connectivity index (χ1v) is 4.68. The summed E-state index contributed by atoms with van der Waals surface area (Å²) in [7, 11) is 0. The van der Waals surface area contributed by atoms with Gasteiger partial charge in [0.2, 0.25) is 0 Å². The van der Waals surface area contributed by atoms with Gasteiger partial charge in [-0.25, -0.2) is 0 Å². The molecular formula is C9H12Cl2O. The number of Topliss-reactive ketones (excluding diaryl/α,β-unsaturated/α-hetero) is 1. The van der Waals surface area contributed by atoms with E-state index in [9.17, 15) is 4.79 Å². The highest BCUT2D eigenvalue weighted by atomic mass is 35.5. The zero-order valence-electron chi connectivity index (χ0n) is 7.45. The van der Waals surface area contributed by atoms with Crippen LogP contribution < -0.4 is 0 Å². The lowest BCUT2D eigenvalue weighted by Crippen LogP contribution is -2.45. The van der Waals surface area contributed by atoms with Crippen molar-refractivity contribution in [2.45, 2.75) is 27.2 Å². The van der Waals surface area contributed by atoms with Crippen LogP contribution in [-0.2, 0) is 4.79 Å². The van der Waals surface area contributed by atoms with Gasteiger partial charge in [0.25, 0.3) is 0 Å². The molecule has 0 aromatic rings. The van der Waals surface area contributed by atoms with Gasteiger partial charge in [-0.1, -0.05) is 37.0 Å². The molecule has 0 amide bonds. The molecule has 0 bridgehead atoms. The summed E-state index contributed by atoms with van der Waals surface area (Å²) in [6.45, 7) is 5.75. The molecule has 1 aliphatic carbocycles. The highest BCUT2D eigenvalue weighted by molar-refractivity contribution is 6.56. The highest BCUT2D eigenvalue weighted by Gasteiger charge is 2.48. The van der Waals surface area contributed by atoms with Crippen molar-refractivity contribution >= 4 is 29.0 Å². The van der Waals surface area contributed by atoms with Crippen LogP contribution in [0.2, 0.25) is 0 Å². The fourth-order valence-corrected chi connectivity index (χ4v) is 1.86. The van der Waals surface area contributed by atoms with Gasteiger partial charge in [-0.2, -0.15) is 0 Å². The van der Waals surface area contributed by atoms with Crippen molar-refractivity contribution in [1.29, 1.82) is 0 Å². The molecule has 1 unspecified atom stereocenters. The fourth-order valence-electron chi connectivity index (χ4n) is 1.59. The van der Waals surface area contributed by atoms with E-state index in [1.54, 1.807) is 0 Å².